The molecule has 1 N–H and O–H groups in total. The van der Waals surface area contributed by atoms with Gasteiger partial charge in [0.15, 0.2) is 0 Å². The van der Waals surface area contributed by atoms with Crippen LogP contribution < -0.4 is 4.74 Å². The number of ether oxygens (including phenoxy) is 1. The highest BCUT2D eigenvalue weighted by atomic mass is 16.5. The van der Waals surface area contributed by atoms with Crippen molar-refractivity contribution < 1.29 is 19.4 Å². The third-order valence-electron chi connectivity index (χ3n) is 3.70. The zero-order valence-corrected chi connectivity index (χ0v) is 11.5. The van der Waals surface area contributed by atoms with E-state index >= 15 is 0 Å². The summed E-state index contributed by atoms with van der Waals surface area (Å²) in [5, 5.41) is 8.78. The summed E-state index contributed by atoms with van der Waals surface area (Å²) >= 11 is 0. The van der Waals surface area contributed by atoms with Gasteiger partial charge in [-0.05, 0) is 43.0 Å². The molecule has 0 atom stereocenters. The number of hydrogen-bond acceptors (Lipinski definition) is 3. The second-order valence-corrected chi connectivity index (χ2v) is 5.06. The van der Waals surface area contributed by atoms with E-state index in [2.05, 4.69) is 0 Å². The standard InChI is InChI=1S/C15H19NO4/c1-20-13-4-2-12(3-5-13)15(19)16-8-6-11(7-9-16)10-14(17)18/h2-5,11H,6-10H2,1H3,(H,17,18). The molecule has 2 rings (SSSR count). The van der Waals surface area contributed by atoms with Crippen LogP contribution in [0.25, 0.3) is 0 Å². The number of nitrogens with zero attached hydrogens (tertiary/aromatic N) is 1. The minimum atomic E-state index is -0.759. The zero-order valence-electron chi connectivity index (χ0n) is 11.5. The van der Waals surface area contributed by atoms with E-state index in [1.807, 2.05) is 0 Å². The van der Waals surface area contributed by atoms with Gasteiger partial charge in [-0.25, -0.2) is 0 Å². The second-order valence-electron chi connectivity index (χ2n) is 5.06. The summed E-state index contributed by atoms with van der Waals surface area (Å²) in [4.78, 5) is 24.8. The quantitative estimate of drug-likeness (QED) is 0.914. The Morgan fingerprint density at radius 2 is 1.85 bits per heavy atom. The molecular weight excluding hydrogens is 258 g/mol. The van der Waals surface area contributed by atoms with Crippen LogP contribution in [0.2, 0.25) is 0 Å². The van der Waals surface area contributed by atoms with Crippen molar-refractivity contribution in [2.45, 2.75) is 19.3 Å². The summed E-state index contributed by atoms with van der Waals surface area (Å²) < 4.78 is 5.06. The van der Waals surface area contributed by atoms with Gasteiger partial charge in [-0.1, -0.05) is 0 Å². The number of methoxy groups -OCH3 is 1. The highest BCUT2D eigenvalue weighted by molar-refractivity contribution is 5.94. The largest absolute Gasteiger partial charge is 0.497 e. The number of piperidine rings is 1. The number of amides is 1. The minimum absolute atomic E-state index is 0.00132. The van der Waals surface area contributed by atoms with Crippen LogP contribution in [-0.2, 0) is 4.79 Å². The Bertz CT molecular complexity index is 475. The van der Waals surface area contributed by atoms with E-state index in [0.29, 0.717) is 18.7 Å². The lowest BCUT2D eigenvalue weighted by molar-refractivity contribution is -0.138. The first-order valence-corrected chi connectivity index (χ1v) is 6.75. The van der Waals surface area contributed by atoms with E-state index in [-0.39, 0.29) is 18.2 Å². The number of hydrogen-bond donors (Lipinski definition) is 1. The molecule has 1 fully saturated rings. The van der Waals surface area contributed by atoms with Crippen molar-refractivity contribution in [2.75, 3.05) is 20.2 Å². The molecule has 0 radical (unpaired) electrons. The van der Waals surface area contributed by atoms with Crippen LogP contribution in [0.5, 0.6) is 5.75 Å². The van der Waals surface area contributed by atoms with Gasteiger partial charge in [0, 0.05) is 25.1 Å². The number of likely N-dealkylation sites (tertiary alicyclic amines) is 1. The average molecular weight is 277 g/mol. The van der Waals surface area contributed by atoms with Crippen molar-refractivity contribution in [3.8, 4) is 5.75 Å². The first-order chi connectivity index (χ1) is 9.60. The molecule has 1 aromatic rings. The van der Waals surface area contributed by atoms with Crippen molar-refractivity contribution in [3.63, 3.8) is 0 Å². The predicted octanol–water partition coefficient (Wildman–Crippen LogP) is 2.02. The van der Waals surface area contributed by atoms with Gasteiger partial charge in [0.25, 0.3) is 5.91 Å². The predicted molar refractivity (Wildman–Crippen MR) is 73.9 cm³/mol. The summed E-state index contributed by atoms with van der Waals surface area (Å²) in [6.45, 7) is 1.26. The molecule has 0 bridgehead atoms. The molecule has 0 unspecified atom stereocenters. The molecule has 0 aliphatic carbocycles. The fraction of sp³-hybridized carbons (Fsp3) is 0.467. The van der Waals surface area contributed by atoms with Gasteiger partial charge in [0.05, 0.1) is 7.11 Å². The molecule has 20 heavy (non-hydrogen) atoms. The molecule has 5 nitrogen and oxygen atoms in total. The Balaban J connectivity index is 1.92. The lowest BCUT2D eigenvalue weighted by atomic mass is 9.93. The summed E-state index contributed by atoms with van der Waals surface area (Å²) in [5.74, 6) is 0.153. The molecular formula is C15H19NO4. The molecule has 1 heterocycles. The lowest BCUT2D eigenvalue weighted by Gasteiger charge is -2.31. The maximum Gasteiger partial charge on any atom is 0.303 e. The normalized spacial score (nSPS) is 15.9. The van der Waals surface area contributed by atoms with Crippen LogP contribution in [0.15, 0.2) is 24.3 Å². The van der Waals surface area contributed by atoms with E-state index in [9.17, 15) is 9.59 Å². The second kappa shape index (κ2) is 6.41. The first kappa shape index (κ1) is 14.4. The Kier molecular flexibility index (Phi) is 4.61. The minimum Gasteiger partial charge on any atom is -0.497 e. The average Bonchev–Trinajstić information content (AvgIpc) is 2.47. The molecule has 0 aromatic heterocycles. The monoisotopic (exact) mass is 277 g/mol. The Labute approximate surface area is 118 Å². The summed E-state index contributed by atoms with van der Waals surface area (Å²) in [5.41, 5.74) is 0.641. The Morgan fingerprint density at radius 1 is 1.25 bits per heavy atom. The molecule has 1 aromatic carbocycles. The van der Waals surface area contributed by atoms with Crippen molar-refractivity contribution >= 4 is 11.9 Å². The van der Waals surface area contributed by atoms with Crippen LogP contribution >= 0.6 is 0 Å². The molecule has 1 aliphatic rings. The molecule has 1 saturated heterocycles. The van der Waals surface area contributed by atoms with Crippen molar-refractivity contribution in [3.05, 3.63) is 29.8 Å². The summed E-state index contributed by atoms with van der Waals surface area (Å²) in [6, 6.07) is 7.05. The summed E-state index contributed by atoms with van der Waals surface area (Å²) in [6.07, 6.45) is 1.72. The van der Waals surface area contributed by atoms with Gasteiger partial charge in [0.2, 0.25) is 0 Å². The number of carboxylic acids is 1. The van der Waals surface area contributed by atoms with Crippen LogP contribution in [0.3, 0.4) is 0 Å². The van der Waals surface area contributed by atoms with E-state index < -0.39 is 5.97 Å². The van der Waals surface area contributed by atoms with E-state index in [0.717, 1.165) is 18.6 Å². The van der Waals surface area contributed by atoms with Gasteiger partial charge in [-0.3, -0.25) is 9.59 Å². The van der Waals surface area contributed by atoms with E-state index in [4.69, 9.17) is 9.84 Å². The van der Waals surface area contributed by atoms with Gasteiger partial charge >= 0.3 is 5.97 Å². The molecule has 0 spiro atoms. The zero-order chi connectivity index (χ0) is 14.5. The number of carbonyl (C=O) groups excluding carboxylic acids is 1. The van der Waals surface area contributed by atoms with Crippen molar-refractivity contribution in [1.29, 1.82) is 0 Å². The lowest BCUT2D eigenvalue weighted by Crippen LogP contribution is -2.38. The fourth-order valence-electron chi connectivity index (χ4n) is 2.50. The SMILES string of the molecule is COc1ccc(C(=O)N2CCC(CC(=O)O)CC2)cc1. The number of benzene rings is 1. The Hall–Kier alpha value is -2.04. The van der Waals surface area contributed by atoms with Crippen LogP contribution in [-0.4, -0.2) is 42.1 Å². The molecule has 0 saturated carbocycles. The van der Waals surface area contributed by atoms with Crippen LogP contribution in [0, 0.1) is 5.92 Å². The summed E-state index contributed by atoms with van der Waals surface area (Å²) in [7, 11) is 1.59. The third-order valence-corrected chi connectivity index (χ3v) is 3.70. The van der Waals surface area contributed by atoms with Gasteiger partial charge in [-0.15, -0.1) is 0 Å². The number of carbonyl (C=O) groups is 2. The van der Waals surface area contributed by atoms with Crippen molar-refractivity contribution in [1.82, 2.24) is 4.90 Å². The number of carboxylic acid groups (broad SMARTS) is 1. The topological polar surface area (TPSA) is 66.8 Å². The smallest absolute Gasteiger partial charge is 0.303 e. The Morgan fingerprint density at radius 3 is 2.35 bits per heavy atom. The van der Waals surface area contributed by atoms with E-state index in [1.165, 1.54) is 0 Å². The van der Waals surface area contributed by atoms with E-state index in [1.54, 1.807) is 36.3 Å². The number of aliphatic carboxylic acids is 1. The number of rotatable bonds is 4. The molecule has 108 valence electrons. The molecule has 1 aliphatic heterocycles. The highest BCUT2D eigenvalue weighted by Crippen LogP contribution is 2.22. The van der Waals surface area contributed by atoms with Gasteiger partial charge in [-0.2, -0.15) is 0 Å². The maximum absolute atomic E-state index is 12.3. The maximum atomic E-state index is 12.3. The van der Waals surface area contributed by atoms with Crippen molar-refractivity contribution in [2.24, 2.45) is 5.92 Å². The molecule has 1 amide bonds. The van der Waals surface area contributed by atoms with Gasteiger partial charge in [0.1, 0.15) is 5.75 Å². The first-order valence-electron chi connectivity index (χ1n) is 6.75. The third kappa shape index (κ3) is 3.50. The van der Waals surface area contributed by atoms with Crippen LogP contribution in [0.4, 0.5) is 0 Å². The molecule has 5 heteroatoms. The fourth-order valence-corrected chi connectivity index (χ4v) is 2.50. The van der Waals surface area contributed by atoms with Gasteiger partial charge < -0.3 is 14.7 Å². The highest BCUT2D eigenvalue weighted by Gasteiger charge is 2.24. The van der Waals surface area contributed by atoms with Crippen LogP contribution in [0.1, 0.15) is 29.6 Å².